The van der Waals surface area contributed by atoms with Crippen LogP contribution in [-0.2, 0) is 13.2 Å². The largest absolute Gasteiger partial charge is 0.493 e. The number of nitrogens with one attached hydrogen (secondary N) is 2. The first kappa shape index (κ1) is 18.6. The van der Waals surface area contributed by atoms with Crippen LogP contribution in [0.2, 0.25) is 10.0 Å². The Kier molecular flexibility index (Phi) is 6.03. The number of hydrogen-bond donors (Lipinski definition) is 2. The molecule has 26 heavy (non-hydrogen) atoms. The quantitative estimate of drug-likeness (QED) is 0.558. The Bertz CT molecular complexity index is 941. The maximum Gasteiger partial charge on any atom is 0.214 e. The average molecular weight is 411 g/mol. The summed E-state index contributed by atoms with van der Waals surface area (Å²) >= 11 is 17.4. The summed E-state index contributed by atoms with van der Waals surface area (Å²) in [5, 5.41) is 7.66. The van der Waals surface area contributed by atoms with E-state index in [0.29, 0.717) is 39.5 Å². The highest BCUT2D eigenvalue weighted by molar-refractivity contribution is 7.71. The van der Waals surface area contributed by atoms with Crippen LogP contribution in [0.3, 0.4) is 0 Å². The molecular formula is C17H16Cl2N4O2S. The standard InChI is InChI=1S/C17H16Cl2N4O2S/c1-24-15-7-12(8-21-23-10-20-22-17(23)26)6-14(19)16(15)25-9-11-2-4-13(18)5-3-11/h2-7,10,21H,8-9H2,1H3,(H,22,26). The van der Waals surface area contributed by atoms with Gasteiger partial charge < -0.3 is 14.9 Å². The second kappa shape index (κ2) is 8.44. The molecule has 0 bridgehead atoms. The molecule has 1 aromatic heterocycles. The minimum atomic E-state index is 0.356. The minimum Gasteiger partial charge on any atom is -0.493 e. The van der Waals surface area contributed by atoms with Crippen LogP contribution < -0.4 is 14.9 Å². The van der Waals surface area contributed by atoms with Crippen molar-refractivity contribution in [3.8, 4) is 11.5 Å². The third-order valence-electron chi connectivity index (χ3n) is 3.59. The van der Waals surface area contributed by atoms with Crippen LogP contribution in [0.5, 0.6) is 11.5 Å². The van der Waals surface area contributed by atoms with E-state index in [1.54, 1.807) is 18.1 Å². The van der Waals surface area contributed by atoms with Gasteiger partial charge in [0.2, 0.25) is 4.77 Å². The lowest BCUT2D eigenvalue weighted by Crippen LogP contribution is -2.13. The molecule has 1 heterocycles. The van der Waals surface area contributed by atoms with Gasteiger partial charge in [0, 0.05) is 5.02 Å². The van der Waals surface area contributed by atoms with Gasteiger partial charge in [-0.1, -0.05) is 35.3 Å². The van der Waals surface area contributed by atoms with E-state index < -0.39 is 0 Å². The van der Waals surface area contributed by atoms with E-state index in [0.717, 1.165) is 11.1 Å². The SMILES string of the molecule is COc1cc(CNn2cn[nH]c2=S)cc(Cl)c1OCc1ccc(Cl)cc1. The average Bonchev–Trinajstić information content (AvgIpc) is 3.05. The molecular weight excluding hydrogens is 395 g/mol. The van der Waals surface area contributed by atoms with Crippen molar-refractivity contribution in [1.82, 2.24) is 14.9 Å². The molecule has 9 heteroatoms. The molecule has 136 valence electrons. The molecule has 0 atom stereocenters. The van der Waals surface area contributed by atoms with Gasteiger partial charge in [-0.25, -0.2) is 4.68 Å². The molecule has 2 N–H and O–H groups in total. The first-order valence-corrected chi connectivity index (χ1v) is 8.83. The van der Waals surface area contributed by atoms with Gasteiger partial charge >= 0.3 is 0 Å². The van der Waals surface area contributed by atoms with Crippen LogP contribution in [0.15, 0.2) is 42.7 Å². The van der Waals surface area contributed by atoms with Gasteiger partial charge in [-0.2, -0.15) is 5.10 Å². The molecule has 6 nitrogen and oxygen atoms in total. The molecule has 0 spiro atoms. The fourth-order valence-corrected chi connectivity index (χ4v) is 2.87. The molecule has 0 amide bonds. The smallest absolute Gasteiger partial charge is 0.214 e. The fraction of sp³-hybridized carbons (Fsp3) is 0.176. The summed E-state index contributed by atoms with van der Waals surface area (Å²) in [5.74, 6) is 1.05. The molecule has 0 saturated heterocycles. The topological polar surface area (TPSA) is 64.1 Å². The molecule has 3 rings (SSSR count). The van der Waals surface area contributed by atoms with Gasteiger partial charge in [-0.05, 0) is 47.6 Å². The van der Waals surface area contributed by atoms with Crippen molar-refractivity contribution in [2.75, 3.05) is 12.5 Å². The number of methoxy groups -OCH3 is 1. The number of benzene rings is 2. The van der Waals surface area contributed by atoms with Gasteiger partial charge in [0.05, 0.1) is 18.7 Å². The lowest BCUT2D eigenvalue weighted by Gasteiger charge is -2.15. The van der Waals surface area contributed by atoms with Crippen LogP contribution in [0.4, 0.5) is 0 Å². The van der Waals surface area contributed by atoms with E-state index in [-0.39, 0.29) is 0 Å². The van der Waals surface area contributed by atoms with Crippen LogP contribution in [0.1, 0.15) is 11.1 Å². The molecule has 0 radical (unpaired) electrons. The van der Waals surface area contributed by atoms with Crippen molar-refractivity contribution in [2.45, 2.75) is 13.2 Å². The monoisotopic (exact) mass is 410 g/mol. The summed E-state index contributed by atoms with van der Waals surface area (Å²) in [6, 6.07) is 11.1. The van der Waals surface area contributed by atoms with Crippen LogP contribution >= 0.6 is 35.4 Å². The molecule has 0 aliphatic heterocycles. The zero-order valence-corrected chi connectivity index (χ0v) is 16.2. The second-order valence-electron chi connectivity index (χ2n) is 5.39. The number of rotatable bonds is 7. The zero-order valence-electron chi connectivity index (χ0n) is 13.8. The number of halogens is 2. The number of H-pyrrole nitrogens is 1. The Hall–Kier alpha value is -2.22. The maximum absolute atomic E-state index is 6.40. The Morgan fingerprint density at radius 1 is 1.19 bits per heavy atom. The van der Waals surface area contributed by atoms with Crippen LogP contribution in [0.25, 0.3) is 0 Å². The van der Waals surface area contributed by atoms with Crippen molar-refractivity contribution < 1.29 is 9.47 Å². The van der Waals surface area contributed by atoms with Crippen LogP contribution in [-0.4, -0.2) is 22.0 Å². The van der Waals surface area contributed by atoms with E-state index >= 15 is 0 Å². The number of hydrogen-bond acceptors (Lipinski definition) is 5. The third kappa shape index (κ3) is 4.49. The van der Waals surface area contributed by atoms with E-state index in [2.05, 4.69) is 15.6 Å². The fourth-order valence-electron chi connectivity index (χ4n) is 2.29. The zero-order chi connectivity index (χ0) is 18.5. The number of aromatic amines is 1. The lowest BCUT2D eigenvalue weighted by molar-refractivity contribution is 0.284. The van der Waals surface area contributed by atoms with Crippen molar-refractivity contribution in [2.24, 2.45) is 0 Å². The van der Waals surface area contributed by atoms with E-state index in [1.165, 1.54) is 0 Å². The van der Waals surface area contributed by atoms with Gasteiger partial charge in [-0.15, -0.1) is 0 Å². The normalized spacial score (nSPS) is 10.6. The van der Waals surface area contributed by atoms with Gasteiger partial charge in [-0.3, -0.25) is 5.10 Å². The first-order chi connectivity index (χ1) is 12.6. The van der Waals surface area contributed by atoms with E-state index in [4.69, 9.17) is 44.9 Å². The number of aromatic nitrogens is 3. The molecule has 0 unspecified atom stereocenters. The molecule has 0 aliphatic rings. The summed E-state index contributed by atoms with van der Waals surface area (Å²) in [6.45, 7) is 0.844. The van der Waals surface area contributed by atoms with Crippen molar-refractivity contribution in [1.29, 1.82) is 0 Å². The minimum absolute atomic E-state index is 0.356. The number of ether oxygens (including phenoxy) is 2. The van der Waals surface area contributed by atoms with Gasteiger partial charge in [0.1, 0.15) is 12.9 Å². The van der Waals surface area contributed by atoms with Crippen molar-refractivity contribution >= 4 is 35.4 Å². The number of nitrogens with zero attached hydrogens (tertiary/aromatic N) is 2. The molecule has 0 aliphatic carbocycles. The lowest BCUT2D eigenvalue weighted by atomic mass is 10.2. The van der Waals surface area contributed by atoms with Crippen LogP contribution in [0, 0.1) is 4.77 Å². The Morgan fingerprint density at radius 3 is 2.62 bits per heavy atom. The maximum atomic E-state index is 6.40. The highest BCUT2D eigenvalue weighted by atomic mass is 35.5. The third-order valence-corrected chi connectivity index (χ3v) is 4.41. The summed E-state index contributed by atoms with van der Waals surface area (Å²) in [4.78, 5) is 0. The van der Waals surface area contributed by atoms with E-state index in [1.807, 2.05) is 36.4 Å². The Morgan fingerprint density at radius 2 is 1.96 bits per heavy atom. The van der Waals surface area contributed by atoms with Crippen molar-refractivity contribution in [3.63, 3.8) is 0 Å². The van der Waals surface area contributed by atoms with E-state index in [9.17, 15) is 0 Å². The highest BCUT2D eigenvalue weighted by Gasteiger charge is 2.12. The summed E-state index contributed by atoms with van der Waals surface area (Å²) in [5.41, 5.74) is 5.01. The van der Waals surface area contributed by atoms with Gasteiger partial charge in [0.15, 0.2) is 11.5 Å². The highest BCUT2D eigenvalue weighted by Crippen LogP contribution is 2.37. The summed E-state index contributed by atoms with van der Waals surface area (Å²) < 4.78 is 13.4. The second-order valence-corrected chi connectivity index (χ2v) is 6.62. The summed E-state index contributed by atoms with van der Waals surface area (Å²) in [6.07, 6.45) is 1.56. The molecule has 2 aromatic carbocycles. The molecule has 3 aromatic rings. The predicted octanol–water partition coefficient (Wildman–Crippen LogP) is 4.58. The predicted molar refractivity (Wildman–Crippen MR) is 104 cm³/mol. The Labute approximate surface area is 165 Å². The molecule has 0 fully saturated rings. The summed E-state index contributed by atoms with van der Waals surface area (Å²) in [7, 11) is 1.57. The van der Waals surface area contributed by atoms with Gasteiger partial charge in [0.25, 0.3) is 0 Å². The Balaban J connectivity index is 1.73. The first-order valence-electron chi connectivity index (χ1n) is 7.66. The molecule has 0 saturated carbocycles. The van der Waals surface area contributed by atoms with Crippen molar-refractivity contribution in [3.05, 3.63) is 68.7 Å².